The molecule has 0 spiro atoms. The lowest BCUT2D eigenvalue weighted by molar-refractivity contribution is -0.132. The largest absolute Gasteiger partial charge is 0.497 e. The SMILES string of the molecule is CCCCN(CCCC)C(=O)CN1CC(c2ccc3c(c2)OCO3)[C@@H](N=[N+]=[N-])C1c1ccc(OC)cc1. The lowest BCUT2D eigenvalue weighted by Crippen LogP contribution is -2.41. The van der Waals surface area contributed by atoms with Gasteiger partial charge in [-0.15, -0.1) is 0 Å². The monoisotopic (exact) mass is 507 g/mol. The summed E-state index contributed by atoms with van der Waals surface area (Å²) < 4.78 is 16.5. The quantitative estimate of drug-likeness (QED) is 0.209. The second-order valence-corrected chi connectivity index (χ2v) is 9.65. The topological polar surface area (TPSA) is 100 Å². The minimum atomic E-state index is -0.397. The van der Waals surface area contributed by atoms with Gasteiger partial charge in [0.1, 0.15) is 5.75 Å². The molecule has 0 N–H and O–H groups in total. The zero-order valence-corrected chi connectivity index (χ0v) is 22.0. The van der Waals surface area contributed by atoms with Crippen molar-refractivity contribution in [3.63, 3.8) is 0 Å². The molecule has 1 fully saturated rings. The van der Waals surface area contributed by atoms with Gasteiger partial charge in [0.25, 0.3) is 0 Å². The Morgan fingerprint density at radius 1 is 1.08 bits per heavy atom. The maximum absolute atomic E-state index is 13.6. The molecule has 2 aromatic carbocycles. The molecule has 2 aliphatic rings. The highest BCUT2D eigenvalue weighted by atomic mass is 16.7. The van der Waals surface area contributed by atoms with Crippen molar-refractivity contribution >= 4 is 5.91 Å². The van der Waals surface area contributed by atoms with Crippen LogP contribution in [0.4, 0.5) is 0 Å². The number of nitrogens with zero attached hydrogens (tertiary/aromatic N) is 5. The van der Waals surface area contributed by atoms with E-state index in [-0.39, 0.29) is 31.2 Å². The molecule has 2 aliphatic heterocycles. The van der Waals surface area contributed by atoms with Crippen molar-refractivity contribution in [2.75, 3.05) is 40.1 Å². The second-order valence-electron chi connectivity index (χ2n) is 9.65. The number of likely N-dealkylation sites (tertiary alicyclic amines) is 1. The maximum Gasteiger partial charge on any atom is 0.236 e. The number of unbranched alkanes of at least 4 members (excludes halogenated alkanes) is 2. The Hall–Kier alpha value is -3.42. The highest BCUT2D eigenvalue weighted by molar-refractivity contribution is 5.78. The lowest BCUT2D eigenvalue weighted by atomic mass is 9.89. The average molecular weight is 508 g/mol. The van der Waals surface area contributed by atoms with Crippen LogP contribution in [0.1, 0.15) is 62.6 Å². The molecule has 1 amide bonds. The van der Waals surface area contributed by atoms with Crippen molar-refractivity contribution in [2.45, 2.75) is 57.5 Å². The number of benzene rings is 2. The fraction of sp³-hybridized carbons (Fsp3) is 0.536. The van der Waals surface area contributed by atoms with E-state index in [1.54, 1.807) is 7.11 Å². The number of hydrogen-bond acceptors (Lipinski definition) is 6. The van der Waals surface area contributed by atoms with E-state index in [0.29, 0.717) is 18.0 Å². The van der Waals surface area contributed by atoms with E-state index >= 15 is 0 Å². The molecule has 2 unspecified atom stereocenters. The zero-order chi connectivity index (χ0) is 26.2. The summed E-state index contributed by atoms with van der Waals surface area (Å²) >= 11 is 0. The molecular formula is C28H37N5O4. The number of azide groups is 1. The molecule has 2 heterocycles. The van der Waals surface area contributed by atoms with Gasteiger partial charge in [-0.05, 0) is 53.8 Å². The van der Waals surface area contributed by atoms with Crippen LogP contribution in [-0.2, 0) is 4.79 Å². The molecule has 0 bridgehead atoms. The molecule has 4 rings (SSSR count). The molecule has 9 heteroatoms. The molecular weight excluding hydrogens is 470 g/mol. The van der Waals surface area contributed by atoms with Crippen LogP contribution >= 0.6 is 0 Å². The molecule has 2 aromatic rings. The fourth-order valence-corrected chi connectivity index (χ4v) is 5.26. The first-order valence-corrected chi connectivity index (χ1v) is 13.2. The highest BCUT2D eigenvalue weighted by Crippen LogP contribution is 2.45. The first-order chi connectivity index (χ1) is 18.1. The van der Waals surface area contributed by atoms with Crippen molar-refractivity contribution in [1.29, 1.82) is 0 Å². The number of amides is 1. The third-order valence-corrected chi connectivity index (χ3v) is 7.28. The molecule has 9 nitrogen and oxygen atoms in total. The standard InChI is InChI=1S/C28H37N5O4/c1-4-6-14-32(15-7-5-2)26(34)18-33-17-23(21-10-13-24-25(16-21)37-19-36-24)27(30-31-29)28(33)20-8-11-22(35-3)12-9-20/h8-13,16,23,27-28H,4-7,14-15,17-19H2,1-3H3/t23?,27-,28?/m1/s1. The fourth-order valence-electron chi connectivity index (χ4n) is 5.26. The van der Waals surface area contributed by atoms with Gasteiger partial charge in [0.05, 0.1) is 19.7 Å². The summed E-state index contributed by atoms with van der Waals surface area (Å²) in [6, 6.07) is 13.0. The van der Waals surface area contributed by atoms with E-state index < -0.39 is 6.04 Å². The Bertz CT molecular complexity index is 1090. The molecule has 0 aliphatic carbocycles. The smallest absolute Gasteiger partial charge is 0.236 e. The summed E-state index contributed by atoms with van der Waals surface area (Å²) in [6.07, 6.45) is 4.05. The van der Waals surface area contributed by atoms with E-state index in [1.165, 1.54) is 0 Å². The summed E-state index contributed by atoms with van der Waals surface area (Å²) in [6.45, 7) is 6.86. The van der Waals surface area contributed by atoms with Crippen molar-refractivity contribution in [2.24, 2.45) is 5.11 Å². The normalized spacial score (nSPS) is 20.5. The summed E-state index contributed by atoms with van der Waals surface area (Å²) in [5.74, 6) is 2.17. The predicted octanol–water partition coefficient (Wildman–Crippen LogP) is 5.67. The first-order valence-electron chi connectivity index (χ1n) is 13.2. The Kier molecular flexibility index (Phi) is 9.14. The molecule has 3 atom stereocenters. The number of fused-ring (bicyclic) bond motifs is 1. The van der Waals surface area contributed by atoms with Crippen molar-refractivity contribution in [1.82, 2.24) is 9.80 Å². The van der Waals surface area contributed by atoms with Gasteiger partial charge < -0.3 is 19.1 Å². The predicted molar refractivity (Wildman–Crippen MR) is 142 cm³/mol. The molecule has 0 aromatic heterocycles. The Balaban J connectivity index is 1.67. The van der Waals surface area contributed by atoms with Crippen LogP contribution in [0.3, 0.4) is 0 Å². The van der Waals surface area contributed by atoms with Crippen LogP contribution < -0.4 is 14.2 Å². The summed E-state index contributed by atoms with van der Waals surface area (Å²) in [5.41, 5.74) is 11.5. The number of rotatable bonds is 12. The average Bonchev–Trinajstić information content (AvgIpc) is 3.53. The van der Waals surface area contributed by atoms with Crippen LogP contribution in [0, 0.1) is 0 Å². The zero-order valence-electron chi connectivity index (χ0n) is 22.0. The first kappa shape index (κ1) is 26.6. The molecule has 0 radical (unpaired) electrons. The second kappa shape index (κ2) is 12.7. The van der Waals surface area contributed by atoms with E-state index in [2.05, 4.69) is 28.8 Å². The molecule has 1 saturated heterocycles. The number of carbonyl (C=O) groups excluding carboxylic acids is 1. The number of ether oxygens (including phenoxy) is 3. The van der Waals surface area contributed by atoms with Crippen LogP contribution in [0.25, 0.3) is 10.4 Å². The Labute approximate surface area is 218 Å². The van der Waals surface area contributed by atoms with Gasteiger partial charge in [-0.1, -0.05) is 50.0 Å². The molecule has 0 saturated carbocycles. The molecule has 37 heavy (non-hydrogen) atoms. The molecule has 198 valence electrons. The maximum atomic E-state index is 13.6. The minimum absolute atomic E-state index is 0.106. The summed E-state index contributed by atoms with van der Waals surface area (Å²) in [7, 11) is 1.63. The van der Waals surface area contributed by atoms with Gasteiger partial charge in [-0.2, -0.15) is 0 Å². The van der Waals surface area contributed by atoms with Crippen molar-refractivity contribution in [3.05, 3.63) is 64.0 Å². The van der Waals surface area contributed by atoms with E-state index in [4.69, 9.17) is 14.2 Å². The van der Waals surface area contributed by atoms with Gasteiger partial charge in [-0.3, -0.25) is 9.69 Å². The summed E-state index contributed by atoms with van der Waals surface area (Å²) in [5, 5.41) is 4.29. The minimum Gasteiger partial charge on any atom is -0.497 e. The van der Waals surface area contributed by atoms with Gasteiger partial charge in [0.15, 0.2) is 11.5 Å². The van der Waals surface area contributed by atoms with E-state index in [9.17, 15) is 10.3 Å². The Morgan fingerprint density at radius 2 is 1.76 bits per heavy atom. The van der Waals surface area contributed by atoms with E-state index in [0.717, 1.165) is 55.6 Å². The van der Waals surface area contributed by atoms with Crippen molar-refractivity contribution in [3.8, 4) is 17.2 Å². The van der Waals surface area contributed by atoms with Crippen LogP contribution in [0.2, 0.25) is 0 Å². The number of hydrogen-bond donors (Lipinski definition) is 0. The van der Waals surface area contributed by atoms with Gasteiger partial charge in [0, 0.05) is 36.5 Å². The van der Waals surface area contributed by atoms with Crippen LogP contribution in [0.15, 0.2) is 47.6 Å². The van der Waals surface area contributed by atoms with Gasteiger partial charge in [0.2, 0.25) is 12.7 Å². The number of carbonyl (C=O) groups is 1. The third-order valence-electron chi connectivity index (χ3n) is 7.28. The lowest BCUT2D eigenvalue weighted by Gasteiger charge is -2.30. The summed E-state index contributed by atoms with van der Waals surface area (Å²) in [4.78, 5) is 21.0. The van der Waals surface area contributed by atoms with Crippen molar-refractivity contribution < 1.29 is 19.0 Å². The van der Waals surface area contributed by atoms with Gasteiger partial charge in [-0.25, -0.2) is 0 Å². The Morgan fingerprint density at radius 3 is 2.41 bits per heavy atom. The van der Waals surface area contributed by atoms with Gasteiger partial charge >= 0.3 is 0 Å². The van der Waals surface area contributed by atoms with E-state index in [1.807, 2.05) is 47.4 Å². The van der Waals surface area contributed by atoms with Crippen LogP contribution in [0.5, 0.6) is 17.2 Å². The van der Waals surface area contributed by atoms with Crippen LogP contribution in [-0.4, -0.2) is 61.8 Å². The number of methoxy groups -OCH3 is 1. The third kappa shape index (κ3) is 6.12. The highest BCUT2D eigenvalue weighted by Gasteiger charge is 2.44.